The molecule has 0 spiro atoms. The lowest BCUT2D eigenvalue weighted by Crippen LogP contribution is -2.30. The zero-order valence-electron chi connectivity index (χ0n) is 16.1. The summed E-state index contributed by atoms with van der Waals surface area (Å²) >= 11 is 1.43. The number of hydrogen-bond acceptors (Lipinski definition) is 4. The molecule has 0 saturated carbocycles. The Bertz CT molecular complexity index is 1010. The van der Waals surface area contributed by atoms with Crippen LogP contribution in [0.1, 0.15) is 37.4 Å². The van der Waals surface area contributed by atoms with Gasteiger partial charge in [0.1, 0.15) is 0 Å². The van der Waals surface area contributed by atoms with Gasteiger partial charge in [-0.15, -0.1) is 11.3 Å². The summed E-state index contributed by atoms with van der Waals surface area (Å²) in [7, 11) is 0. The lowest BCUT2D eigenvalue weighted by Gasteiger charge is -2.16. The Hall–Kier alpha value is -2.67. The van der Waals surface area contributed by atoms with Gasteiger partial charge in [0, 0.05) is 42.0 Å². The van der Waals surface area contributed by atoms with E-state index in [1.54, 1.807) is 4.90 Å². The summed E-state index contributed by atoms with van der Waals surface area (Å²) in [6, 6.07) is 8.15. The first kappa shape index (κ1) is 18.7. The number of H-pyrrole nitrogens is 1. The van der Waals surface area contributed by atoms with Crippen molar-refractivity contribution in [1.29, 1.82) is 0 Å². The first-order chi connectivity index (χ1) is 13.5. The number of carbonyl (C=O) groups excluding carboxylic acids is 2. The van der Waals surface area contributed by atoms with Gasteiger partial charge in [0.2, 0.25) is 11.8 Å². The molecule has 2 amide bonds. The van der Waals surface area contributed by atoms with Gasteiger partial charge in [-0.05, 0) is 24.0 Å². The summed E-state index contributed by atoms with van der Waals surface area (Å²) in [5.74, 6) is -0.0635. The van der Waals surface area contributed by atoms with E-state index in [0.29, 0.717) is 24.1 Å². The van der Waals surface area contributed by atoms with E-state index in [1.165, 1.54) is 22.3 Å². The molecule has 1 atom stereocenters. The van der Waals surface area contributed by atoms with Gasteiger partial charge < -0.3 is 15.2 Å². The third kappa shape index (κ3) is 3.80. The highest BCUT2D eigenvalue weighted by atomic mass is 32.1. The number of fused-ring (bicyclic) bond motifs is 1. The number of likely N-dealkylation sites (tertiary alicyclic amines) is 1. The quantitative estimate of drug-likeness (QED) is 0.666. The maximum atomic E-state index is 12.6. The Morgan fingerprint density at radius 3 is 3.00 bits per heavy atom. The number of aromatic amines is 1. The van der Waals surface area contributed by atoms with Crippen molar-refractivity contribution in [2.75, 3.05) is 18.4 Å². The van der Waals surface area contributed by atoms with Crippen molar-refractivity contribution in [3.63, 3.8) is 0 Å². The van der Waals surface area contributed by atoms with Crippen molar-refractivity contribution >= 4 is 39.2 Å². The minimum Gasteiger partial charge on any atom is -0.361 e. The maximum absolute atomic E-state index is 12.6. The molecule has 1 aromatic carbocycles. The molecule has 28 heavy (non-hydrogen) atoms. The number of nitrogens with one attached hydrogen (secondary N) is 2. The molecule has 1 fully saturated rings. The molecule has 2 aromatic heterocycles. The molecule has 0 bridgehead atoms. The Balaban J connectivity index is 1.34. The van der Waals surface area contributed by atoms with Crippen LogP contribution in [-0.2, 0) is 16.0 Å². The summed E-state index contributed by atoms with van der Waals surface area (Å²) in [6.45, 7) is 5.23. The van der Waals surface area contributed by atoms with Crippen molar-refractivity contribution in [2.24, 2.45) is 5.92 Å². The predicted octanol–water partition coefficient (Wildman–Crippen LogP) is 3.78. The predicted molar refractivity (Wildman–Crippen MR) is 112 cm³/mol. The first-order valence-electron chi connectivity index (χ1n) is 9.60. The van der Waals surface area contributed by atoms with Crippen LogP contribution in [-0.4, -0.2) is 39.8 Å². The average molecular weight is 397 g/mol. The molecule has 1 saturated heterocycles. The van der Waals surface area contributed by atoms with E-state index in [4.69, 9.17) is 0 Å². The summed E-state index contributed by atoms with van der Waals surface area (Å²) in [4.78, 5) is 34.5. The molecule has 2 N–H and O–H groups in total. The standard InChI is InChI=1S/C21H24N4O2S/c1-13(2)18-12-28-21(23-18)24-20(27)15-9-19(26)25(11-15)8-7-14-10-22-17-6-4-3-5-16(14)17/h3-6,10,12-13,15,22H,7-9,11H2,1-2H3,(H,23,24,27). The molecule has 6 nitrogen and oxygen atoms in total. The normalized spacial score (nSPS) is 17.0. The van der Waals surface area contributed by atoms with Gasteiger partial charge in [-0.1, -0.05) is 32.0 Å². The molecule has 3 heterocycles. The Labute approximate surface area is 168 Å². The first-order valence-corrected chi connectivity index (χ1v) is 10.5. The second kappa shape index (κ2) is 7.75. The van der Waals surface area contributed by atoms with Gasteiger partial charge in [-0.3, -0.25) is 9.59 Å². The number of carbonyl (C=O) groups is 2. The van der Waals surface area contributed by atoms with Gasteiger partial charge in [-0.25, -0.2) is 4.98 Å². The van der Waals surface area contributed by atoms with E-state index in [2.05, 4.69) is 35.2 Å². The molecule has 7 heteroatoms. The Morgan fingerprint density at radius 1 is 1.39 bits per heavy atom. The second-order valence-electron chi connectivity index (χ2n) is 7.57. The van der Waals surface area contributed by atoms with Crippen LogP contribution in [0.5, 0.6) is 0 Å². The van der Waals surface area contributed by atoms with Crippen LogP contribution >= 0.6 is 11.3 Å². The third-order valence-electron chi connectivity index (χ3n) is 5.25. The van der Waals surface area contributed by atoms with Crippen LogP contribution in [0.4, 0.5) is 5.13 Å². The molecule has 0 radical (unpaired) electrons. The Kier molecular flexibility index (Phi) is 5.17. The zero-order chi connectivity index (χ0) is 19.7. The van der Waals surface area contributed by atoms with E-state index in [9.17, 15) is 9.59 Å². The topological polar surface area (TPSA) is 78.1 Å². The molecule has 1 aliphatic rings. The van der Waals surface area contributed by atoms with E-state index >= 15 is 0 Å². The summed E-state index contributed by atoms with van der Waals surface area (Å²) < 4.78 is 0. The highest BCUT2D eigenvalue weighted by Crippen LogP contribution is 2.25. The fraction of sp³-hybridized carbons (Fsp3) is 0.381. The van der Waals surface area contributed by atoms with Crippen molar-refractivity contribution in [3.05, 3.63) is 47.1 Å². The monoisotopic (exact) mass is 396 g/mol. The van der Waals surface area contributed by atoms with Gasteiger partial charge in [0.25, 0.3) is 0 Å². The maximum Gasteiger partial charge on any atom is 0.231 e. The van der Waals surface area contributed by atoms with Crippen LogP contribution in [0.25, 0.3) is 10.9 Å². The number of nitrogens with zero attached hydrogens (tertiary/aromatic N) is 2. The second-order valence-corrected chi connectivity index (χ2v) is 8.43. The number of rotatable bonds is 6. The van der Waals surface area contributed by atoms with Crippen LogP contribution in [0.2, 0.25) is 0 Å². The lowest BCUT2D eigenvalue weighted by molar-refractivity contribution is -0.128. The van der Waals surface area contributed by atoms with Crippen LogP contribution in [0, 0.1) is 5.92 Å². The largest absolute Gasteiger partial charge is 0.361 e. The van der Waals surface area contributed by atoms with Crippen molar-refractivity contribution in [1.82, 2.24) is 14.9 Å². The summed E-state index contributed by atoms with van der Waals surface area (Å²) in [6.07, 6.45) is 3.04. The molecule has 3 aromatic rings. The molecular weight excluding hydrogens is 372 g/mol. The fourth-order valence-corrected chi connectivity index (χ4v) is 4.45. The van der Waals surface area contributed by atoms with Gasteiger partial charge in [0.15, 0.2) is 5.13 Å². The smallest absolute Gasteiger partial charge is 0.231 e. The SMILES string of the molecule is CC(C)c1csc(NC(=O)C2CC(=O)N(CCc3c[nH]c4ccccc34)C2)n1. The third-order valence-corrected chi connectivity index (χ3v) is 6.03. The minimum atomic E-state index is -0.318. The Morgan fingerprint density at radius 2 is 2.21 bits per heavy atom. The van der Waals surface area contributed by atoms with Crippen LogP contribution in [0.15, 0.2) is 35.8 Å². The highest BCUT2D eigenvalue weighted by Gasteiger charge is 2.34. The van der Waals surface area contributed by atoms with Crippen molar-refractivity contribution in [2.45, 2.75) is 32.6 Å². The number of benzene rings is 1. The van der Waals surface area contributed by atoms with E-state index in [1.807, 2.05) is 29.8 Å². The number of aromatic nitrogens is 2. The van der Waals surface area contributed by atoms with Gasteiger partial charge >= 0.3 is 0 Å². The molecule has 0 aliphatic carbocycles. The van der Waals surface area contributed by atoms with Gasteiger partial charge in [-0.2, -0.15) is 0 Å². The number of para-hydroxylation sites is 1. The van der Waals surface area contributed by atoms with Crippen LogP contribution < -0.4 is 5.32 Å². The minimum absolute atomic E-state index is 0.0435. The summed E-state index contributed by atoms with van der Waals surface area (Å²) in [5.41, 5.74) is 3.27. The molecule has 146 valence electrons. The van der Waals surface area contributed by atoms with Gasteiger partial charge in [0.05, 0.1) is 11.6 Å². The van der Waals surface area contributed by atoms with E-state index in [0.717, 1.165) is 17.6 Å². The van der Waals surface area contributed by atoms with E-state index < -0.39 is 0 Å². The fourth-order valence-electron chi connectivity index (χ4n) is 3.57. The van der Waals surface area contributed by atoms with Crippen LogP contribution in [0.3, 0.4) is 0 Å². The number of thiazole rings is 1. The molecule has 1 unspecified atom stereocenters. The van der Waals surface area contributed by atoms with Crippen molar-refractivity contribution in [3.8, 4) is 0 Å². The highest BCUT2D eigenvalue weighted by molar-refractivity contribution is 7.13. The molecule has 1 aliphatic heterocycles. The average Bonchev–Trinajstić information content (AvgIpc) is 3.39. The molecule has 4 rings (SSSR count). The zero-order valence-corrected chi connectivity index (χ0v) is 16.9. The lowest BCUT2D eigenvalue weighted by atomic mass is 10.1. The van der Waals surface area contributed by atoms with Crippen molar-refractivity contribution < 1.29 is 9.59 Å². The summed E-state index contributed by atoms with van der Waals surface area (Å²) in [5, 5.41) is 6.64. The van der Waals surface area contributed by atoms with E-state index in [-0.39, 0.29) is 24.2 Å². The molecular formula is C21H24N4O2S. The number of hydrogen-bond donors (Lipinski definition) is 2. The number of amides is 2. The number of anilines is 1.